The summed E-state index contributed by atoms with van der Waals surface area (Å²) in [5.74, 6) is -2.69. The van der Waals surface area contributed by atoms with Gasteiger partial charge >= 0.3 is 6.18 Å². The van der Waals surface area contributed by atoms with Gasteiger partial charge in [0.15, 0.2) is 17.4 Å². The fraction of sp³-hybridized carbons (Fsp3) is 0.455. The van der Waals surface area contributed by atoms with Crippen LogP contribution in [0.4, 0.5) is 22.0 Å². The van der Waals surface area contributed by atoms with E-state index in [2.05, 4.69) is 4.74 Å². The standard InChI is InChI=1S/C11H10ClF5O/c12-6-7-4-8(13)10(9(14)5-7)18-3-1-2-11(15,16)17/h4-5H,1-3,6H2. The lowest BCUT2D eigenvalue weighted by atomic mass is 10.2. The van der Waals surface area contributed by atoms with Crippen molar-refractivity contribution in [1.82, 2.24) is 0 Å². The molecule has 0 aliphatic carbocycles. The number of hydrogen-bond acceptors (Lipinski definition) is 1. The number of alkyl halides is 4. The van der Waals surface area contributed by atoms with Gasteiger partial charge in [0, 0.05) is 12.3 Å². The van der Waals surface area contributed by atoms with Gasteiger partial charge in [0.1, 0.15) is 0 Å². The Balaban J connectivity index is 2.57. The highest BCUT2D eigenvalue weighted by Gasteiger charge is 2.26. The Labute approximate surface area is 106 Å². The average Bonchev–Trinajstić information content (AvgIpc) is 2.25. The van der Waals surface area contributed by atoms with E-state index in [-0.39, 0.29) is 17.9 Å². The van der Waals surface area contributed by atoms with Crippen molar-refractivity contribution >= 4 is 11.6 Å². The minimum Gasteiger partial charge on any atom is -0.488 e. The van der Waals surface area contributed by atoms with E-state index in [9.17, 15) is 22.0 Å². The van der Waals surface area contributed by atoms with Crippen LogP contribution in [0.3, 0.4) is 0 Å². The molecule has 102 valence electrons. The van der Waals surface area contributed by atoms with Crippen LogP contribution in [-0.4, -0.2) is 12.8 Å². The fourth-order valence-electron chi connectivity index (χ4n) is 1.27. The smallest absolute Gasteiger partial charge is 0.389 e. The van der Waals surface area contributed by atoms with Gasteiger partial charge in [0.2, 0.25) is 0 Å². The molecule has 0 aliphatic rings. The molecule has 0 radical (unpaired) electrons. The molecular weight excluding hydrogens is 279 g/mol. The molecule has 0 N–H and O–H groups in total. The van der Waals surface area contributed by atoms with Crippen molar-refractivity contribution in [2.75, 3.05) is 6.61 Å². The molecule has 18 heavy (non-hydrogen) atoms. The summed E-state index contributed by atoms with van der Waals surface area (Å²) in [6.45, 7) is -0.409. The summed E-state index contributed by atoms with van der Waals surface area (Å²) in [5.41, 5.74) is 0.231. The molecule has 0 spiro atoms. The van der Waals surface area contributed by atoms with E-state index in [0.717, 1.165) is 12.1 Å². The van der Waals surface area contributed by atoms with Gasteiger partial charge in [-0.25, -0.2) is 8.78 Å². The lowest BCUT2D eigenvalue weighted by Crippen LogP contribution is -2.10. The lowest BCUT2D eigenvalue weighted by molar-refractivity contribution is -0.136. The number of hydrogen-bond donors (Lipinski definition) is 0. The summed E-state index contributed by atoms with van der Waals surface area (Å²) in [6.07, 6.45) is -5.72. The van der Waals surface area contributed by atoms with Crippen LogP contribution in [0, 0.1) is 11.6 Å². The zero-order valence-electron chi connectivity index (χ0n) is 9.16. The summed E-state index contributed by atoms with van der Waals surface area (Å²) >= 11 is 5.40. The predicted octanol–water partition coefficient (Wildman–Crippen LogP) is 4.42. The Morgan fingerprint density at radius 3 is 2.11 bits per heavy atom. The Morgan fingerprint density at radius 1 is 1.11 bits per heavy atom. The topological polar surface area (TPSA) is 9.23 Å². The van der Waals surface area contributed by atoms with E-state index >= 15 is 0 Å². The van der Waals surface area contributed by atoms with Crippen LogP contribution in [0.1, 0.15) is 18.4 Å². The molecule has 0 aliphatic heterocycles. The summed E-state index contributed by atoms with van der Waals surface area (Å²) in [4.78, 5) is 0. The van der Waals surface area contributed by atoms with Gasteiger partial charge in [-0.3, -0.25) is 0 Å². The van der Waals surface area contributed by atoms with Crippen molar-refractivity contribution < 1.29 is 26.7 Å². The first-order valence-corrected chi connectivity index (χ1v) is 5.60. The van der Waals surface area contributed by atoms with Crippen molar-refractivity contribution in [2.45, 2.75) is 24.9 Å². The largest absolute Gasteiger partial charge is 0.488 e. The second-order valence-electron chi connectivity index (χ2n) is 3.59. The second-order valence-corrected chi connectivity index (χ2v) is 3.86. The number of halogens is 6. The van der Waals surface area contributed by atoms with Crippen LogP contribution < -0.4 is 4.74 Å². The Hall–Kier alpha value is -1.04. The van der Waals surface area contributed by atoms with Gasteiger partial charge in [0.05, 0.1) is 6.61 Å². The monoisotopic (exact) mass is 288 g/mol. The van der Waals surface area contributed by atoms with Crippen molar-refractivity contribution in [3.8, 4) is 5.75 Å². The molecule has 0 fully saturated rings. The van der Waals surface area contributed by atoms with Crippen molar-refractivity contribution in [3.63, 3.8) is 0 Å². The van der Waals surface area contributed by atoms with Gasteiger partial charge in [-0.15, -0.1) is 11.6 Å². The maximum absolute atomic E-state index is 13.3. The Bertz CT molecular complexity index is 382. The lowest BCUT2D eigenvalue weighted by Gasteiger charge is -2.10. The molecule has 1 aromatic carbocycles. The molecule has 0 aromatic heterocycles. The second kappa shape index (κ2) is 6.22. The van der Waals surface area contributed by atoms with E-state index in [4.69, 9.17) is 11.6 Å². The summed E-state index contributed by atoms with van der Waals surface area (Å²) in [7, 11) is 0. The number of rotatable bonds is 5. The highest BCUT2D eigenvalue weighted by Crippen LogP contribution is 2.25. The van der Waals surface area contributed by atoms with Crippen LogP contribution in [0.2, 0.25) is 0 Å². The molecule has 0 heterocycles. The fourth-order valence-corrected chi connectivity index (χ4v) is 1.43. The Kier molecular flexibility index (Phi) is 5.19. The van der Waals surface area contributed by atoms with Crippen LogP contribution in [0.5, 0.6) is 5.75 Å². The van der Waals surface area contributed by atoms with E-state index in [0.29, 0.717) is 0 Å². The zero-order valence-corrected chi connectivity index (χ0v) is 9.92. The first-order valence-electron chi connectivity index (χ1n) is 5.07. The summed E-state index contributed by atoms with van der Waals surface area (Å²) in [5, 5.41) is 0. The normalized spacial score (nSPS) is 11.7. The third-order valence-corrected chi connectivity index (χ3v) is 2.37. The minimum absolute atomic E-state index is 0.0673. The average molecular weight is 289 g/mol. The predicted molar refractivity (Wildman–Crippen MR) is 56.7 cm³/mol. The maximum atomic E-state index is 13.3. The third-order valence-electron chi connectivity index (χ3n) is 2.06. The SMILES string of the molecule is Fc1cc(CCl)cc(F)c1OCCCC(F)(F)F. The van der Waals surface area contributed by atoms with E-state index < -0.39 is 36.6 Å². The quantitative estimate of drug-likeness (QED) is 0.442. The molecule has 7 heteroatoms. The minimum atomic E-state index is -4.30. The molecule has 1 aromatic rings. The van der Waals surface area contributed by atoms with Gasteiger partial charge in [-0.2, -0.15) is 13.2 Å². The molecule has 0 bridgehead atoms. The van der Waals surface area contributed by atoms with Crippen LogP contribution >= 0.6 is 11.6 Å². The van der Waals surface area contributed by atoms with Crippen LogP contribution in [-0.2, 0) is 5.88 Å². The van der Waals surface area contributed by atoms with Crippen molar-refractivity contribution in [3.05, 3.63) is 29.3 Å². The van der Waals surface area contributed by atoms with E-state index in [1.165, 1.54) is 0 Å². The number of ether oxygens (including phenoxy) is 1. The van der Waals surface area contributed by atoms with Crippen LogP contribution in [0.25, 0.3) is 0 Å². The van der Waals surface area contributed by atoms with E-state index in [1.54, 1.807) is 0 Å². The van der Waals surface area contributed by atoms with Crippen LogP contribution in [0.15, 0.2) is 12.1 Å². The van der Waals surface area contributed by atoms with Gasteiger partial charge in [-0.05, 0) is 24.1 Å². The molecular formula is C11H10ClF5O. The first kappa shape index (κ1) is 15.0. The first-order chi connectivity index (χ1) is 8.33. The summed E-state index contributed by atoms with van der Waals surface area (Å²) < 4.78 is 66.8. The number of benzene rings is 1. The maximum Gasteiger partial charge on any atom is 0.389 e. The van der Waals surface area contributed by atoms with Crippen molar-refractivity contribution in [2.24, 2.45) is 0 Å². The summed E-state index contributed by atoms with van der Waals surface area (Å²) in [6, 6.07) is 1.96. The molecule has 0 amide bonds. The van der Waals surface area contributed by atoms with Gasteiger partial charge < -0.3 is 4.74 Å². The van der Waals surface area contributed by atoms with E-state index in [1.807, 2.05) is 0 Å². The Morgan fingerprint density at radius 2 is 1.67 bits per heavy atom. The highest BCUT2D eigenvalue weighted by atomic mass is 35.5. The molecule has 1 rings (SSSR count). The van der Waals surface area contributed by atoms with Gasteiger partial charge in [0.25, 0.3) is 0 Å². The molecule has 1 nitrogen and oxygen atoms in total. The zero-order chi connectivity index (χ0) is 13.8. The molecule has 0 unspecified atom stereocenters. The van der Waals surface area contributed by atoms with Crippen molar-refractivity contribution in [1.29, 1.82) is 0 Å². The molecule has 0 saturated carbocycles. The highest BCUT2D eigenvalue weighted by molar-refractivity contribution is 6.17. The molecule has 0 saturated heterocycles. The third kappa shape index (κ3) is 4.68. The van der Waals surface area contributed by atoms with Gasteiger partial charge in [-0.1, -0.05) is 0 Å². The molecule has 0 atom stereocenters.